The highest BCUT2D eigenvalue weighted by atomic mass is 16.7. The van der Waals surface area contributed by atoms with Gasteiger partial charge in [0, 0.05) is 12.0 Å². The first kappa shape index (κ1) is 17.2. The van der Waals surface area contributed by atoms with Gasteiger partial charge in [0.15, 0.2) is 5.78 Å². The molecule has 0 amide bonds. The molecule has 0 heterocycles. The lowest BCUT2D eigenvalue weighted by atomic mass is 10.1. The predicted molar refractivity (Wildman–Crippen MR) is 74.6 cm³/mol. The smallest absolute Gasteiger partial charge is 0.450 e. The molecule has 0 spiro atoms. The maximum Gasteiger partial charge on any atom is 0.505 e. The fourth-order valence-electron chi connectivity index (χ4n) is 1.34. The summed E-state index contributed by atoms with van der Waals surface area (Å²) in [6, 6.07) is 9.34. The molecule has 1 aromatic rings. The number of benzene rings is 1. The van der Waals surface area contributed by atoms with Crippen LogP contribution in [0.15, 0.2) is 30.3 Å². The highest BCUT2D eigenvalue weighted by Crippen LogP contribution is 2.01. The molecule has 106 valence electrons. The zero-order valence-corrected chi connectivity index (χ0v) is 11.6. The number of hydrogen-bond donors (Lipinski definition) is 1. The van der Waals surface area contributed by atoms with E-state index in [-0.39, 0.29) is 5.78 Å². The van der Waals surface area contributed by atoms with E-state index >= 15 is 0 Å². The molecule has 0 saturated carbocycles. The van der Waals surface area contributed by atoms with E-state index in [1.54, 1.807) is 0 Å². The molecule has 0 atom stereocenters. The van der Waals surface area contributed by atoms with Gasteiger partial charge in [0.05, 0.1) is 6.61 Å². The van der Waals surface area contributed by atoms with Crippen molar-refractivity contribution in [2.45, 2.75) is 39.5 Å². The van der Waals surface area contributed by atoms with Crippen LogP contribution in [-0.2, 0) is 4.74 Å². The van der Waals surface area contributed by atoms with E-state index in [0.717, 1.165) is 24.8 Å². The second-order valence-corrected chi connectivity index (χ2v) is 3.96. The monoisotopic (exact) mass is 266 g/mol. The van der Waals surface area contributed by atoms with Gasteiger partial charge in [-0.25, -0.2) is 4.79 Å². The summed E-state index contributed by atoms with van der Waals surface area (Å²) in [6.45, 7) is 4.26. The van der Waals surface area contributed by atoms with Crippen LogP contribution in [0, 0.1) is 0 Å². The Morgan fingerprint density at radius 1 is 1.11 bits per heavy atom. The minimum absolute atomic E-state index is 0.209. The predicted octanol–water partition coefficient (Wildman–Crippen LogP) is 4.15. The van der Waals surface area contributed by atoms with E-state index in [9.17, 15) is 9.59 Å². The van der Waals surface area contributed by atoms with Crippen LogP contribution < -0.4 is 0 Å². The number of carboxylic acid groups (broad SMARTS) is 1. The molecule has 0 aliphatic heterocycles. The molecule has 0 radical (unpaired) electrons. The Morgan fingerprint density at radius 2 is 1.74 bits per heavy atom. The third-order valence-corrected chi connectivity index (χ3v) is 2.39. The first-order chi connectivity index (χ1) is 9.11. The SMILES string of the molecule is CCC(=O)c1ccccc1.CCCCCOC(=O)O. The lowest BCUT2D eigenvalue weighted by molar-refractivity contribution is 0.0900. The minimum atomic E-state index is -1.17. The Kier molecular flexibility index (Phi) is 10.2. The topological polar surface area (TPSA) is 63.6 Å². The maximum absolute atomic E-state index is 11.0. The standard InChI is InChI=1S/C9H10O.C6H12O3/c1-2-9(10)8-6-4-3-5-7-8;1-2-3-4-5-9-6(7)8/h3-7H,2H2,1H3;2-5H2,1H3,(H,7,8). The zero-order chi connectivity index (χ0) is 14.5. The summed E-state index contributed by atoms with van der Waals surface area (Å²) in [6.07, 6.45) is 2.37. The lowest BCUT2D eigenvalue weighted by Crippen LogP contribution is -2.00. The summed E-state index contributed by atoms with van der Waals surface area (Å²) in [5.41, 5.74) is 0.810. The molecular formula is C15H22O4. The van der Waals surface area contributed by atoms with Crippen molar-refractivity contribution in [3.05, 3.63) is 35.9 Å². The molecule has 0 aromatic heterocycles. The number of rotatable bonds is 6. The van der Waals surface area contributed by atoms with Gasteiger partial charge in [-0.15, -0.1) is 0 Å². The largest absolute Gasteiger partial charge is 0.505 e. The van der Waals surface area contributed by atoms with Gasteiger partial charge >= 0.3 is 6.16 Å². The van der Waals surface area contributed by atoms with Gasteiger partial charge in [0.2, 0.25) is 0 Å². The van der Waals surface area contributed by atoms with Gasteiger partial charge in [-0.05, 0) is 6.42 Å². The number of Topliss-reactive ketones (excluding diaryl/α,β-unsaturated/α-hetero) is 1. The molecule has 1 N–H and O–H groups in total. The number of hydrogen-bond acceptors (Lipinski definition) is 3. The molecule has 1 aromatic carbocycles. The molecule has 0 aliphatic carbocycles. The van der Waals surface area contributed by atoms with Crippen molar-refractivity contribution in [3.8, 4) is 0 Å². The summed E-state index contributed by atoms with van der Waals surface area (Å²) < 4.78 is 4.26. The number of ether oxygens (including phenoxy) is 1. The molecule has 4 heteroatoms. The highest BCUT2D eigenvalue weighted by molar-refractivity contribution is 5.95. The van der Waals surface area contributed by atoms with Crippen LogP contribution in [0.25, 0.3) is 0 Å². The van der Waals surface area contributed by atoms with E-state index in [1.807, 2.05) is 37.3 Å². The van der Waals surface area contributed by atoms with Gasteiger partial charge in [-0.2, -0.15) is 0 Å². The van der Waals surface area contributed by atoms with Gasteiger partial charge in [0.25, 0.3) is 0 Å². The minimum Gasteiger partial charge on any atom is -0.450 e. The quantitative estimate of drug-likeness (QED) is 0.477. The normalized spacial score (nSPS) is 9.16. The van der Waals surface area contributed by atoms with Gasteiger partial charge in [0.1, 0.15) is 0 Å². The fraction of sp³-hybridized carbons (Fsp3) is 0.467. The average Bonchev–Trinajstić information content (AvgIpc) is 2.44. The number of carbonyl (C=O) groups is 2. The van der Waals surface area contributed by atoms with Crippen LogP contribution >= 0.6 is 0 Å². The first-order valence-electron chi connectivity index (χ1n) is 6.55. The van der Waals surface area contributed by atoms with E-state index in [4.69, 9.17) is 5.11 Å². The Labute approximate surface area is 114 Å². The van der Waals surface area contributed by atoms with Crippen LogP contribution in [0.2, 0.25) is 0 Å². The van der Waals surface area contributed by atoms with Crippen LogP contribution in [-0.4, -0.2) is 23.7 Å². The summed E-state index contributed by atoms with van der Waals surface area (Å²) in [4.78, 5) is 20.8. The van der Waals surface area contributed by atoms with E-state index in [1.165, 1.54) is 0 Å². The Bertz CT molecular complexity index is 360. The van der Waals surface area contributed by atoms with Crippen molar-refractivity contribution in [3.63, 3.8) is 0 Å². The molecular weight excluding hydrogens is 244 g/mol. The number of carbonyl (C=O) groups excluding carboxylic acids is 1. The molecule has 0 bridgehead atoms. The zero-order valence-electron chi connectivity index (χ0n) is 11.6. The van der Waals surface area contributed by atoms with Gasteiger partial charge in [-0.3, -0.25) is 4.79 Å². The molecule has 0 saturated heterocycles. The Morgan fingerprint density at radius 3 is 2.21 bits per heavy atom. The fourth-order valence-corrected chi connectivity index (χ4v) is 1.34. The van der Waals surface area contributed by atoms with Gasteiger partial charge < -0.3 is 9.84 Å². The van der Waals surface area contributed by atoms with Crippen molar-refractivity contribution in [1.82, 2.24) is 0 Å². The second kappa shape index (κ2) is 11.3. The van der Waals surface area contributed by atoms with Crippen LogP contribution in [0.1, 0.15) is 49.9 Å². The van der Waals surface area contributed by atoms with E-state index in [0.29, 0.717) is 13.0 Å². The molecule has 0 fully saturated rings. The maximum atomic E-state index is 11.0. The van der Waals surface area contributed by atoms with Crippen molar-refractivity contribution >= 4 is 11.9 Å². The van der Waals surface area contributed by atoms with Crippen molar-refractivity contribution in [2.75, 3.05) is 6.61 Å². The molecule has 0 unspecified atom stereocenters. The average molecular weight is 266 g/mol. The second-order valence-electron chi connectivity index (χ2n) is 3.96. The molecule has 1 rings (SSSR count). The van der Waals surface area contributed by atoms with Crippen molar-refractivity contribution < 1.29 is 19.4 Å². The third-order valence-electron chi connectivity index (χ3n) is 2.39. The van der Waals surface area contributed by atoms with Crippen molar-refractivity contribution in [2.24, 2.45) is 0 Å². The van der Waals surface area contributed by atoms with Crippen LogP contribution in [0.3, 0.4) is 0 Å². The highest BCUT2D eigenvalue weighted by Gasteiger charge is 1.98. The van der Waals surface area contributed by atoms with Crippen molar-refractivity contribution in [1.29, 1.82) is 0 Å². The summed E-state index contributed by atoms with van der Waals surface area (Å²) in [5, 5.41) is 7.99. The van der Waals surface area contributed by atoms with Gasteiger partial charge in [-0.1, -0.05) is 57.0 Å². The summed E-state index contributed by atoms with van der Waals surface area (Å²) >= 11 is 0. The molecule has 19 heavy (non-hydrogen) atoms. The summed E-state index contributed by atoms with van der Waals surface area (Å²) in [5.74, 6) is 0.209. The number of unbranched alkanes of at least 4 members (excludes halogenated alkanes) is 2. The van der Waals surface area contributed by atoms with Crippen LogP contribution in [0.5, 0.6) is 0 Å². The summed E-state index contributed by atoms with van der Waals surface area (Å²) in [7, 11) is 0. The Hall–Kier alpha value is -1.84. The molecule has 4 nitrogen and oxygen atoms in total. The van der Waals surface area contributed by atoms with Crippen LogP contribution in [0.4, 0.5) is 4.79 Å². The van der Waals surface area contributed by atoms with E-state index in [2.05, 4.69) is 11.7 Å². The Balaban J connectivity index is 0.000000344. The molecule has 0 aliphatic rings. The number of ketones is 1. The third kappa shape index (κ3) is 9.83. The lowest BCUT2D eigenvalue weighted by Gasteiger charge is -1.96. The first-order valence-corrected chi connectivity index (χ1v) is 6.55. The van der Waals surface area contributed by atoms with E-state index < -0.39 is 6.16 Å².